The summed E-state index contributed by atoms with van der Waals surface area (Å²) in [5.41, 5.74) is 0. The Bertz CT molecular complexity index is 694. The van der Waals surface area contributed by atoms with Gasteiger partial charge in [0.05, 0.1) is 17.7 Å². The van der Waals surface area contributed by atoms with E-state index in [4.69, 9.17) is 32.3 Å². The first-order valence-electron chi connectivity index (χ1n) is 6.69. The van der Waals surface area contributed by atoms with Gasteiger partial charge in [0, 0.05) is 5.02 Å². The van der Waals surface area contributed by atoms with Gasteiger partial charge in [-0.25, -0.2) is 9.78 Å². The summed E-state index contributed by atoms with van der Waals surface area (Å²) in [5.74, 6) is 0. The van der Waals surface area contributed by atoms with Crippen molar-refractivity contribution in [3.63, 3.8) is 0 Å². The van der Waals surface area contributed by atoms with Crippen LogP contribution in [0, 0.1) is 0 Å². The molecule has 8 nitrogen and oxygen atoms in total. The van der Waals surface area contributed by atoms with Crippen molar-refractivity contribution in [3.8, 4) is 0 Å². The second-order valence-electron chi connectivity index (χ2n) is 4.59. The van der Waals surface area contributed by atoms with Crippen LogP contribution in [-0.4, -0.2) is 27.5 Å². The molecule has 0 saturated heterocycles. The Morgan fingerprint density at radius 1 is 1.21 bits per heavy atom. The average molecular weight is 423 g/mol. The minimum absolute atomic E-state index is 0.0436. The highest BCUT2D eigenvalue weighted by molar-refractivity contribution is 7.87. The molecule has 0 radical (unpaired) electrons. The fourth-order valence-corrected chi connectivity index (χ4v) is 4.30. The molecule has 0 fully saturated rings. The van der Waals surface area contributed by atoms with E-state index in [1.54, 1.807) is 20.8 Å². The predicted octanol–water partition coefficient (Wildman–Crippen LogP) is 4.17. The highest BCUT2D eigenvalue weighted by Crippen LogP contribution is 2.49. The van der Waals surface area contributed by atoms with E-state index < -0.39 is 30.2 Å². The molecule has 1 aromatic carbocycles. The van der Waals surface area contributed by atoms with Crippen molar-refractivity contribution in [2.24, 2.45) is 0 Å². The summed E-state index contributed by atoms with van der Waals surface area (Å²) in [7, 11) is -8.53. The molecular weight excluding hydrogens is 406 g/mol. The molecule has 0 bridgehead atoms. The molecule has 0 spiro atoms. The number of benzene rings is 1. The fraction of sp³-hybridized carbons (Fsp3) is 0.500. The molecule has 0 amide bonds. The topological polar surface area (TPSA) is 97.4 Å². The van der Waals surface area contributed by atoms with Gasteiger partial charge in [-0.15, -0.1) is 9.35 Å². The van der Waals surface area contributed by atoms with Crippen molar-refractivity contribution >= 4 is 40.9 Å². The SMILES string of the molecule is CCOOP(=O)(COS(=O)(=O)c1cc(Cl)ccc1Cl)OOC(C)C. The van der Waals surface area contributed by atoms with E-state index in [-0.39, 0.29) is 21.5 Å². The normalized spacial score (nSPS) is 14.8. The molecule has 0 aromatic heterocycles. The Labute approximate surface area is 150 Å². The lowest BCUT2D eigenvalue weighted by Crippen LogP contribution is -2.13. The zero-order chi connectivity index (χ0) is 18.4. The van der Waals surface area contributed by atoms with E-state index in [0.717, 1.165) is 6.07 Å². The van der Waals surface area contributed by atoms with Crippen LogP contribution in [0.1, 0.15) is 20.8 Å². The zero-order valence-corrected chi connectivity index (χ0v) is 16.3. The molecule has 0 heterocycles. The lowest BCUT2D eigenvalue weighted by molar-refractivity contribution is -0.280. The van der Waals surface area contributed by atoms with Crippen LogP contribution >= 0.6 is 30.8 Å². The third-order valence-electron chi connectivity index (χ3n) is 2.16. The molecule has 0 aliphatic rings. The van der Waals surface area contributed by atoms with E-state index in [1.807, 2.05) is 0 Å². The Kier molecular flexibility index (Phi) is 8.61. The van der Waals surface area contributed by atoms with Crippen molar-refractivity contribution in [1.29, 1.82) is 0 Å². The highest BCUT2D eigenvalue weighted by atomic mass is 35.5. The Morgan fingerprint density at radius 2 is 1.88 bits per heavy atom. The van der Waals surface area contributed by atoms with E-state index in [0.29, 0.717) is 0 Å². The molecule has 0 saturated carbocycles. The summed E-state index contributed by atoms with van der Waals surface area (Å²) < 4.78 is 50.6. The van der Waals surface area contributed by atoms with Crippen LogP contribution in [0.2, 0.25) is 10.0 Å². The first-order valence-corrected chi connectivity index (χ1v) is 10.6. The van der Waals surface area contributed by atoms with E-state index in [9.17, 15) is 13.0 Å². The van der Waals surface area contributed by atoms with Gasteiger partial charge in [-0.2, -0.15) is 8.42 Å². The largest absolute Gasteiger partial charge is 0.411 e. The number of halogens is 2. The molecule has 0 N–H and O–H groups in total. The number of hydrogen-bond donors (Lipinski definition) is 0. The Balaban J connectivity index is 2.91. The van der Waals surface area contributed by atoms with Gasteiger partial charge in [-0.1, -0.05) is 23.2 Å². The number of hydrogen-bond acceptors (Lipinski definition) is 8. The van der Waals surface area contributed by atoms with E-state index in [2.05, 4.69) is 14.2 Å². The predicted molar refractivity (Wildman–Crippen MR) is 87.2 cm³/mol. The summed E-state index contributed by atoms with van der Waals surface area (Å²) in [6.45, 7) is 4.82. The van der Waals surface area contributed by atoms with Crippen LogP contribution in [-0.2, 0) is 38.0 Å². The Hall–Kier alpha value is -0.220. The van der Waals surface area contributed by atoms with E-state index >= 15 is 0 Å². The molecule has 24 heavy (non-hydrogen) atoms. The van der Waals surface area contributed by atoms with Crippen LogP contribution in [0.15, 0.2) is 23.1 Å². The first kappa shape index (κ1) is 21.8. The van der Waals surface area contributed by atoms with Crippen LogP contribution < -0.4 is 0 Å². The van der Waals surface area contributed by atoms with Crippen molar-refractivity contribution in [3.05, 3.63) is 28.2 Å². The van der Waals surface area contributed by atoms with Gasteiger partial charge in [0.1, 0.15) is 4.90 Å². The van der Waals surface area contributed by atoms with Gasteiger partial charge < -0.3 is 0 Å². The van der Waals surface area contributed by atoms with Crippen LogP contribution in [0.25, 0.3) is 0 Å². The Morgan fingerprint density at radius 3 is 2.46 bits per heavy atom. The molecular formula is C12H17Cl2O8PS. The number of rotatable bonds is 10. The molecule has 1 atom stereocenters. The van der Waals surface area contributed by atoms with Gasteiger partial charge in [0.25, 0.3) is 10.1 Å². The summed E-state index contributed by atoms with van der Waals surface area (Å²) in [6.07, 6.45) is -1.44. The molecule has 1 aromatic rings. The minimum Gasteiger partial charge on any atom is -0.253 e. The third kappa shape index (κ3) is 6.95. The van der Waals surface area contributed by atoms with Gasteiger partial charge in [0.15, 0.2) is 6.35 Å². The summed E-state index contributed by atoms with van der Waals surface area (Å²) >= 11 is 11.6. The van der Waals surface area contributed by atoms with Crippen molar-refractivity contribution < 1.29 is 36.3 Å². The maximum Gasteiger partial charge on any atom is 0.411 e. The average Bonchev–Trinajstić information content (AvgIpc) is 2.52. The molecule has 0 aliphatic carbocycles. The molecule has 138 valence electrons. The van der Waals surface area contributed by atoms with Crippen molar-refractivity contribution in [2.45, 2.75) is 31.8 Å². The highest BCUT2D eigenvalue weighted by Gasteiger charge is 2.33. The van der Waals surface area contributed by atoms with Crippen LogP contribution in [0.4, 0.5) is 0 Å². The quantitative estimate of drug-likeness (QED) is 0.239. The lowest BCUT2D eigenvalue weighted by atomic mass is 10.4. The van der Waals surface area contributed by atoms with Gasteiger partial charge in [-0.3, -0.25) is 8.75 Å². The summed E-state index contributed by atoms with van der Waals surface area (Å²) in [6, 6.07) is 3.79. The maximum atomic E-state index is 12.4. The third-order valence-corrected chi connectivity index (χ3v) is 5.41. The van der Waals surface area contributed by atoms with Crippen LogP contribution in [0.5, 0.6) is 0 Å². The monoisotopic (exact) mass is 422 g/mol. The van der Waals surface area contributed by atoms with E-state index in [1.165, 1.54) is 12.1 Å². The van der Waals surface area contributed by atoms with Crippen molar-refractivity contribution in [1.82, 2.24) is 0 Å². The summed E-state index contributed by atoms with van der Waals surface area (Å²) in [5, 5.41) is 0.0222. The first-order chi connectivity index (χ1) is 11.1. The van der Waals surface area contributed by atoms with Gasteiger partial charge >= 0.3 is 7.60 Å². The molecule has 0 aliphatic heterocycles. The second kappa shape index (κ2) is 9.47. The molecule has 1 rings (SSSR count). The fourth-order valence-electron chi connectivity index (χ4n) is 1.21. The van der Waals surface area contributed by atoms with Crippen molar-refractivity contribution in [2.75, 3.05) is 13.0 Å². The standard InChI is InChI=1S/C12H17Cl2O8PS/c1-4-18-21-23(15,22-20-9(2)3)8-19-24(16,17)12-7-10(13)5-6-11(12)14/h5-7,9H,4,8H2,1-3H3. The zero-order valence-electron chi connectivity index (χ0n) is 13.1. The maximum absolute atomic E-state index is 12.4. The van der Waals surface area contributed by atoms with Crippen LogP contribution in [0.3, 0.4) is 0 Å². The smallest absolute Gasteiger partial charge is 0.253 e. The second-order valence-corrected chi connectivity index (χ2v) is 8.79. The molecule has 1 unspecified atom stereocenters. The van der Waals surface area contributed by atoms with Gasteiger partial charge in [0.2, 0.25) is 0 Å². The summed E-state index contributed by atoms with van der Waals surface area (Å²) in [4.78, 5) is 8.90. The lowest BCUT2D eigenvalue weighted by Gasteiger charge is -2.17. The molecule has 12 heteroatoms. The van der Waals surface area contributed by atoms with Gasteiger partial charge in [-0.05, 0) is 39.0 Å². The minimum atomic E-state index is -4.37.